The van der Waals surface area contributed by atoms with E-state index in [0.717, 1.165) is 25.3 Å². The Hall–Kier alpha value is -2.04. The largest absolute Gasteiger partial charge is 0.366 e. The Morgan fingerprint density at radius 1 is 1.12 bits per heavy atom. The average Bonchev–Trinajstić information content (AvgIpc) is 2.58. The van der Waals surface area contributed by atoms with Crippen molar-refractivity contribution in [3.63, 3.8) is 0 Å². The van der Waals surface area contributed by atoms with Gasteiger partial charge in [-0.25, -0.2) is 0 Å². The smallest absolute Gasteiger partial charge is 0.238 e. The standard InChI is InChI=1S/C20H24ClN3O/c1-15-3-9-19(10-4-15)24-12-11-23(13-16(24)2)14-20(25)22-18-7-5-17(21)6-8-18/h3-10,16H,11-14H2,1-2H3,(H,22,25). The summed E-state index contributed by atoms with van der Waals surface area (Å²) in [6, 6.07) is 16.2. The van der Waals surface area contributed by atoms with Gasteiger partial charge in [0.25, 0.3) is 0 Å². The molecule has 1 aliphatic heterocycles. The fourth-order valence-corrected chi connectivity index (χ4v) is 3.36. The maximum absolute atomic E-state index is 12.3. The van der Waals surface area contributed by atoms with Crippen LogP contribution in [0.5, 0.6) is 0 Å². The lowest BCUT2D eigenvalue weighted by molar-refractivity contribution is -0.117. The second kappa shape index (κ2) is 7.89. The second-order valence-corrected chi connectivity index (χ2v) is 7.10. The molecule has 1 unspecified atom stereocenters. The topological polar surface area (TPSA) is 35.6 Å². The van der Waals surface area contributed by atoms with Gasteiger partial charge in [-0.2, -0.15) is 0 Å². The van der Waals surface area contributed by atoms with Crippen molar-refractivity contribution in [1.29, 1.82) is 0 Å². The summed E-state index contributed by atoms with van der Waals surface area (Å²) in [7, 11) is 0. The van der Waals surface area contributed by atoms with E-state index < -0.39 is 0 Å². The van der Waals surface area contributed by atoms with Crippen LogP contribution < -0.4 is 10.2 Å². The predicted octanol–water partition coefficient (Wildman–Crippen LogP) is 3.80. The van der Waals surface area contributed by atoms with Gasteiger partial charge < -0.3 is 10.2 Å². The minimum absolute atomic E-state index is 0.0123. The van der Waals surface area contributed by atoms with E-state index in [1.807, 2.05) is 12.1 Å². The van der Waals surface area contributed by atoms with Crippen molar-refractivity contribution >= 4 is 28.9 Å². The van der Waals surface area contributed by atoms with Gasteiger partial charge in [0.1, 0.15) is 0 Å². The molecule has 1 heterocycles. The first-order chi connectivity index (χ1) is 12.0. The fraction of sp³-hybridized carbons (Fsp3) is 0.350. The van der Waals surface area contributed by atoms with Crippen molar-refractivity contribution in [2.24, 2.45) is 0 Å². The molecule has 0 aromatic heterocycles. The highest BCUT2D eigenvalue weighted by Gasteiger charge is 2.25. The van der Waals surface area contributed by atoms with Crippen LogP contribution in [0, 0.1) is 6.92 Å². The summed E-state index contributed by atoms with van der Waals surface area (Å²) in [6.07, 6.45) is 0. The van der Waals surface area contributed by atoms with Gasteiger partial charge in [-0.05, 0) is 50.2 Å². The Bertz CT molecular complexity index is 715. The molecule has 1 saturated heterocycles. The van der Waals surface area contributed by atoms with E-state index in [2.05, 4.69) is 53.2 Å². The molecular weight excluding hydrogens is 334 g/mol. The Labute approximate surface area is 154 Å². The first-order valence-electron chi connectivity index (χ1n) is 8.62. The van der Waals surface area contributed by atoms with Crippen molar-refractivity contribution in [2.75, 3.05) is 36.4 Å². The third-order valence-electron chi connectivity index (χ3n) is 4.57. The predicted molar refractivity (Wildman–Crippen MR) is 105 cm³/mol. The number of anilines is 2. The number of nitrogens with one attached hydrogen (secondary N) is 1. The first kappa shape index (κ1) is 17.8. The van der Waals surface area contributed by atoms with Gasteiger partial charge in [0.15, 0.2) is 0 Å². The fourth-order valence-electron chi connectivity index (χ4n) is 3.23. The minimum atomic E-state index is 0.0123. The molecule has 132 valence electrons. The Balaban J connectivity index is 1.53. The van der Waals surface area contributed by atoms with Gasteiger partial charge in [-0.15, -0.1) is 0 Å². The maximum atomic E-state index is 12.3. The number of carbonyl (C=O) groups is 1. The summed E-state index contributed by atoms with van der Waals surface area (Å²) >= 11 is 5.87. The molecule has 25 heavy (non-hydrogen) atoms. The van der Waals surface area contributed by atoms with Crippen LogP contribution in [0.2, 0.25) is 5.02 Å². The van der Waals surface area contributed by atoms with E-state index in [1.54, 1.807) is 12.1 Å². The molecule has 1 aliphatic rings. The van der Waals surface area contributed by atoms with E-state index in [9.17, 15) is 4.79 Å². The van der Waals surface area contributed by atoms with Crippen LogP contribution in [0.3, 0.4) is 0 Å². The number of benzene rings is 2. The van der Waals surface area contributed by atoms with Gasteiger partial charge in [0, 0.05) is 42.1 Å². The summed E-state index contributed by atoms with van der Waals surface area (Å²) in [4.78, 5) is 16.9. The van der Waals surface area contributed by atoms with Crippen LogP contribution in [0.25, 0.3) is 0 Å². The molecule has 2 aromatic carbocycles. The zero-order chi connectivity index (χ0) is 17.8. The molecule has 1 fully saturated rings. The summed E-state index contributed by atoms with van der Waals surface area (Å²) in [6.45, 7) is 7.41. The third kappa shape index (κ3) is 4.74. The van der Waals surface area contributed by atoms with Gasteiger partial charge in [-0.1, -0.05) is 29.3 Å². The quantitative estimate of drug-likeness (QED) is 0.904. The summed E-state index contributed by atoms with van der Waals surface area (Å²) < 4.78 is 0. The molecule has 0 bridgehead atoms. The first-order valence-corrected chi connectivity index (χ1v) is 9.00. The van der Waals surface area contributed by atoms with Crippen LogP contribution >= 0.6 is 11.6 Å². The molecule has 4 nitrogen and oxygen atoms in total. The van der Waals surface area contributed by atoms with E-state index in [4.69, 9.17) is 11.6 Å². The number of nitrogens with zero attached hydrogens (tertiary/aromatic N) is 2. The number of hydrogen-bond donors (Lipinski definition) is 1. The van der Waals surface area contributed by atoms with Crippen molar-refractivity contribution in [3.8, 4) is 0 Å². The Morgan fingerprint density at radius 2 is 1.80 bits per heavy atom. The summed E-state index contributed by atoms with van der Waals surface area (Å²) in [5.74, 6) is 0.0123. The van der Waals surface area contributed by atoms with Gasteiger partial charge >= 0.3 is 0 Å². The second-order valence-electron chi connectivity index (χ2n) is 6.67. The zero-order valence-electron chi connectivity index (χ0n) is 14.7. The molecular formula is C20H24ClN3O. The minimum Gasteiger partial charge on any atom is -0.366 e. The number of rotatable bonds is 4. The van der Waals surface area contributed by atoms with Gasteiger partial charge in [0.2, 0.25) is 5.91 Å². The van der Waals surface area contributed by atoms with Crippen LogP contribution in [0.1, 0.15) is 12.5 Å². The monoisotopic (exact) mass is 357 g/mol. The Kier molecular flexibility index (Phi) is 5.61. The number of hydrogen-bond acceptors (Lipinski definition) is 3. The number of carbonyl (C=O) groups excluding carboxylic acids is 1. The highest BCUT2D eigenvalue weighted by molar-refractivity contribution is 6.30. The molecule has 0 aliphatic carbocycles. The maximum Gasteiger partial charge on any atom is 0.238 e. The molecule has 1 amide bonds. The van der Waals surface area contributed by atoms with E-state index in [0.29, 0.717) is 17.6 Å². The lowest BCUT2D eigenvalue weighted by Gasteiger charge is -2.41. The van der Waals surface area contributed by atoms with E-state index in [-0.39, 0.29) is 5.91 Å². The zero-order valence-corrected chi connectivity index (χ0v) is 15.5. The molecule has 1 atom stereocenters. The van der Waals surface area contributed by atoms with Crippen LogP contribution in [0.15, 0.2) is 48.5 Å². The lowest BCUT2D eigenvalue weighted by Crippen LogP contribution is -2.53. The number of piperazine rings is 1. The molecule has 0 saturated carbocycles. The summed E-state index contributed by atoms with van der Waals surface area (Å²) in [5.41, 5.74) is 3.30. The highest BCUT2D eigenvalue weighted by atomic mass is 35.5. The molecule has 1 N–H and O–H groups in total. The van der Waals surface area contributed by atoms with Crippen molar-refractivity contribution in [3.05, 3.63) is 59.1 Å². The molecule has 3 rings (SSSR count). The van der Waals surface area contributed by atoms with E-state index in [1.165, 1.54) is 11.3 Å². The number of aryl methyl sites for hydroxylation is 1. The molecule has 0 radical (unpaired) electrons. The van der Waals surface area contributed by atoms with Gasteiger partial charge in [-0.3, -0.25) is 9.69 Å². The van der Waals surface area contributed by atoms with Crippen molar-refractivity contribution in [1.82, 2.24) is 4.90 Å². The van der Waals surface area contributed by atoms with Gasteiger partial charge in [0.05, 0.1) is 6.54 Å². The van der Waals surface area contributed by atoms with Crippen molar-refractivity contribution in [2.45, 2.75) is 19.9 Å². The normalized spacial score (nSPS) is 18.2. The number of halogens is 1. The SMILES string of the molecule is Cc1ccc(N2CCN(CC(=O)Nc3ccc(Cl)cc3)CC2C)cc1. The molecule has 5 heteroatoms. The highest BCUT2D eigenvalue weighted by Crippen LogP contribution is 2.21. The van der Waals surface area contributed by atoms with E-state index >= 15 is 0 Å². The molecule has 2 aromatic rings. The van der Waals surface area contributed by atoms with Crippen LogP contribution in [-0.2, 0) is 4.79 Å². The lowest BCUT2D eigenvalue weighted by atomic mass is 10.1. The van der Waals surface area contributed by atoms with Crippen LogP contribution in [-0.4, -0.2) is 43.0 Å². The third-order valence-corrected chi connectivity index (χ3v) is 4.82. The number of amides is 1. The molecule has 0 spiro atoms. The Morgan fingerprint density at radius 3 is 2.44 bits per heavy atom. The summed E-state index contributed by atoms with van der Waals surface area (Å²) in [5, 5.41) is 3.59. The van der Waals surface area contributed by atoms with Crippen molar-refractivity contribution < 1.29 is 4.79 Å². The average molecular weight is 358 g/mol. The van der Waals surface area contributed by atoms with Crippen LogP contribution in [0.4, 0.5) is 11.4 Å².